The van der Waals surface area contributed by atoms with Crippen molar-refractivity contribution in [2.75, 3.05) is 6.61 Å². The summed E-state index contributed by atoms with van der Waals surface area (Å²) in [6, 6.07) is 24.4. The molecule has 1 N–H and O–H groups in total. The summed E-state index contributed by atoms with van der Waals surface area (Å²) in [5.41, 5.74) is 8.01. The van der Waals surface area contributed by atoms with E-state index in [0.717, 1.165) is 34.1 Å². The number of fused-ring (bicyclic) bond motifs is 1. The van der Waals surface area contributed by atoms with Gasteiger partial charge in [-0.2, -0.15) is 5.10 Å². The highest BCUT2D eigenvalue weighted by molar-refractivity contribution is 5.99. The van der Waals surface area contributed by atoms with Gasteiger partial charge in [0.1, 0.15) is 5.75 Å². The first kappa shape index (κ1) is 20.4. The van der Waals surface area contributed by atoms with Crippen molar-refractivity contribution < 1.29 is 9.53 Å². The molecule has 156 valence electrons. The number of aromatic nitrogens is 1. The Kier molecular flexibility index (Phi) is 6.13. The van der Waals surface area contributed by atoms with Crippen LogP contribution in [-0.4, -0.2) is 23.3 Å². The van der Waals surface area contributed by atoms with Gasteiger partial charge in [-0.3, -0.25) is 4.79 Å². The van der Waals surface area contributed by atoms with Crippen LogP contribution in [-0.2, 0) is 11.3 Å². The summed E-state index contributed by atoms with van der Waals surface area (Å²) in [7, 11) is 0. The van der Waals surface area contributed by atoms with E-state index < -0.39 is 0 Å². The van der Waals surface area contributed by atoms with E-state index >= 15 is 0 Å². The summed E-state index contributed by atoms with van der Waals surface area (Å²) < 4.78 is 7.80. The third kappa shape index (κ3) is 5.01. The first-order chi connectivity index (χ1) is 15.1. The largest absolute Gasteiger partial charge is 0.483 e. The molecule has 1 aromatic heterocycles. The number of hydrazone groups is 1. The van der Waals surface area contributed by atoms with Gasteiger partial charge in [-0.1, -0.05) is 66.2 Å². The number of carbonyl (C=O) groups is 1. The summed E-state index contributed by atoms with van der Waals surface area (Å²) in [5.74, 6) is 0.401. The van der Waals surface area contributed by atoms with E-state index in [0.29, 0.717) is 5.75 Å². The quantitative estimate of drug-likeness (QED) is 0.350. The van der Waals surface area contributed by atoms with Crippen molar-refractivity contribution in [1.82, 2.24) is 9.99 Å². The molecular formula is C26H25N3O2. The van der Waals surface area contributed by atoms with E-state index in [2.05, 4.69) is 45.6 Å². The lowest BCUT2D eigenvalue weighted by molar-refractivity contribution is -0.123. The fourth-order valence-corrected chi connectivity index (χ4v) is 3.60. The molecular weight excluding hydrogens is 386 g/mol. The number of aryl methyl sites for hydroxylation is 2. The first-order valence-corrected chi connectivity index (χ1v) is 10.2. The first-order valence-electron chi connectivity index (χ1n) is 10.2. The molecule has 0 unspecified atom stereocenters. The van der Waals surface area contributed by atoms with E-state index in [1.165, 1.54) is 5.56 Å². The van der Waals surface area contributed by atoms with Gasteiger partial charge < -0.3 is 9.30 Å². The number of hydrogen-bond donors (Lipinski definition) is 1. The Morgan fingerprint density at radius 3 is 2.61 bits per heavy atom. The molecule has 4 rings (SSSR count). The minimum atomic E-state index is -0.302. The van der Waals surface area contributed by atoms with E-state index in [-0.39, 0.29) is 12.5 Å². The molecule has 3 aromatic carbocycles. The van der Waals surface area contributed by atoms with Crippen molar-refractivity contribution in [3.8, 4) is 5.75 Å². The molecule has 1 amide bonds. The van der Waals surface area contributed by atoms with Crippen molar-refractivity contribution in [2.45, 2.75) is 20.4 Å². The second kappa shape index (κ2) is 9.30. The van der Waals surface area contributed by atoms with Crippen LogP contribution in [0.3, 0.4) is 0 Å². The molecule has 0 atom stereocenters. The number of hydrogen-bond acceptors (Lipinski definition) is 3. The molecule has 5 nitrogen and oxygen atoms in total. The van der Waals surface area contributed by atoms with Crippen LogP contribution in [0.2, 0.25) is 0 Å². The molecule has 0 saturated heterocycles. The molecule has 0 bridgehead atoms. The van der Waals surface area contributed by atoms with Gasteiger partial charge >= 0.3 is 0 Å². The van der Waals surface area contributed by atoms with Crippen molar-refractivity contribution in [3.63, 3.8) is 0 Å². The standard InChI is InChI=1S/C26H25N3O2/c1-19-12-13-25(20(2)14-19)31-18-26(30)28-27-15-22-17-29(16-21-8-4-3-5-9-21)24-11-7-6-10-23(22)24/h3-15,17H,16,18H2,1-2H3,(H,28,30)/b27-15-. The zero-order chi connectivity index (χ0) is 21.6. The third-order valence-electron chi connectivity index (χ3n) is 5.10. The van der Waals surface area contributed by atoms with Crippen LogP contribution in [0, 0.1) is 13.8 Å². The predicted molar refractivity (Wildman–Crippen MR) is 125 cm³/mol. The van der Waals surface area contributed by atoms with E-state index in [1.54, 1.807) is 6.21 Å². The lowest BCUT2D eigenvalue weighted by atomic mass is 10.1. The third-order valence-corrected chi connectivity index (χ3v) is 5.10. The summed E-state index contributed by atoms with van der Waals surface area (Å²) in [4.78, 5) is 12.1. The number of rotatable bonds is 7. The molecule has 31 heavy (non-hydrogen) atoms. The number of carbonyl (C=O) groups excluding carboxylic acids is 1. The number of ether oxygens (including phenoxy) is 1. The van der Waals surface area contributed by atoms with Gasteiger partial charge in [-0.15, -0.1) is 0 Å². The maximum atomic E-state index is 12.1. The van der Waals surface area contributed by atoms with Crippen molar-refractivity contribution in [3.05, 3.63) is 101 Å². The second-order valence-electron chi connectivity index (χ2n) is 7.57. The smallest absolute Gasteiger partial charge is 0.277 e. The maximum absolute atomic E-state index is 12.1. The number of nitrogens with zero attached hydrogens (tertiary/aromatic N) is 2. The fraction of sp³-hybridized carbons (Fsp3) is 0.154. The topological polar surface area (TPSA) is 55.6 Å². The summed E-state index contributed by atoms with van der Waals surface area (Å²) >= 11 is 0. The fourth-order valence-electron chi connectivity index (χ4n) is 3.60. The highest BCUT2D eigenvalue weighted by Gasteiger charge is 2.08. The Morgan fingerprint density at radius 1 is 1.03 bits per heavy atom. The van der Waals surface area contributed by atoms with Gasteiger partial charge in [-0.25, -0.2) is 5.43 Å². The highest BCUT2D eigenvalue weighted by atomic mass is 16.5. The zero-order valence-corrected chi connectivity index (χ0v) is 17.7. The Hall–Kier alpha value is -3.86. The normalized spacial score (nSPS) is 11.2. The molecule has 0 radical (unpaired) electrons. The van der Waals surface area contributed by atoms with Gasteiger partial charge in [-0.05, 0) is 37.1 Å². The van der Waals surface area contributed by atoms with Crippen LogP contribution in [0.25, 0.3) is 10.9 Å². The van der Waals surface area contributed by atoms with Gasteiger partial charge in [0, 0.05) is 29.2 Å². The molecule has 0 aliphatic carbocycles. The van der Waals surface area contributed by atoms with Gasteiger partial charge in [0.15, 0.2) is 6.61 Å². The summed E-state index contributed by atoms with van der Waals surface area (Å²) in [6.45, 7) is 4.67. The van der Waals surface area contributed by atoms with Crippen molar-refractivity contribution in [2.24, 2.45) is 5.10 Å². The number of nitrogens with one attached hydrogen (secondary N) is 1. The Balaban J connectivity index is 1.42. The van der Waals surface area contributed by atoms with Crippen molar-refractivity contribution >= 4 is 23.0 Å². The van der Waals surface area contributed by atoms with E-state index in [4.69, 9.17) is 4.74 Å². The lowest BCUT2D eigenvalue weighted by Gasteiger charge is -2.08. The molecule has 1 heterocycles. The predicted octanol–water partition coefficient (Wildman–Crippen LogP) is 4.84. The Morgan fingerprint density at radius 2 is 1.81 bits per heavy atom. The number of benzene rings is 3. The van der Waals surface area contributed by atoms with Crippen LogP contribution in [0.4, 0.5) is 0 Å². The molecule has 5 heteroatoms. The van der Waals surface area contributed by atoms with Crippen LogP contribution in [0.15, 0.2) is 84.1 Å². The van der Waals surface area contributed by atoms with E-state index in [9.17, 15) is 4.79 Å². The van der Waals surface area contributed by atoms with Gasteiger partial charge in [0.25, 0.3) is 5.91 Å². The SMILES string of the molecule is Cc1ccc(OCC(=O)N/N=C\c2cn(Cc3ccccc3)c3ccccc23)c(C)c1. The minimum Gasteiger partial charge on any atom is -0.483 e. The Bertz CT molecular complexity index is 1230. The monoisotopic (exact) mass is 411 g/mol. The maximum Gasteiger partial charge on any atom is 0.277 e. The minimum absolute atomic E-state index is 0.0863. The van der Waals surface area contributed by atoms with Gasteiger partial charge in [0.2, 0.25) is 0 Å². The molecule has 4 aromatic rings. The Labute approximate surface area is 182 Å². The van der Waals surface area contributed by atoms with Crippen LogP contribution in [0.5, 0.6) is 5.75 Å². The molecule has 0 saturated carbocycles. The van der Waals surface area contributed by atoms with Crippen LogP contribution < -0.4 is 10.2 Å². The zero-order valence-electron chi connectivity index (χ0n) is 17.7. The molecule has 0 spiro atoms. The van der Waals surface area contributed by atoms with Gasteiger partial charge in [0.05, 0.1) is 6.21 Å². The number of amides is 1. The van der Waals surface area contributed by atoms with Crippen LogP contribution >= 0.6 is 0 Å². The molecule has 0 aliphatic heterocycles. The molecule has 0 fully saturated rings. The summed E-state index contributed by atoms with van der Waals surface area (Å²) in [6.07, 6.45) is 3.73. The van der Waals surface area contributed by atoms with Crippen LogP contribution in [0.1, 0.15) is 22.3 Å². The number of para-hydroxylation sites is 1. The second-order valence-corrected chi connectivity index (χ2v) is 7.57. The average Bonchev–Trinajstić information content (AvgIpc) is 3.11. The lowest BCUT2D eigenvalue weighted by Crippen LogP contribution is -2.24. The van der Waals surface area contributed by atoms with Crippen molar-refractivity contribution in [1.29, 1.82) is 0 Å². The molecule has 0 aliphatic rings. The highest BCUT2D eigenvalue weighted by Crippen LogP contribution is 2.21. The van der Waals surface area contributed by atoms with E-state index in [1.807, 2.05) is 62.4 Å². The summed E-state index contributed by atoms with van der Waals surface area (Å²) in [5, 5.41) is 5.23. The average molecular weight is 412 g/mol.